The van der Waals surface area contributed by atoms with Gasteiger partial charge >= 0.3 is 17.9 Å². The zero-order valence-corrected chi connectivity index (χ0v) is 54.6. The molecule has 0 aromatic carbocycles. The molecule has 0 aromatic rings. The summed E-state index contributed by atoms with van der Waals surface area (Å²) in [5.41, 5.74) is 0. The van der Waals surface area contributed by atoms with E-state index in [1.807, 2.05) is 0 Å². The molecule has 0 aliphatic rings. The zero-order chi connectivity index (χ0) is 58.5. The molecule has 0 heterocycles. The van der Waals surface area contributed by atoms with Crippen LogP contribution in [0.4, 0.5) is 0 Å². The van der Waals surface area contributed by atoms with E-state index >= 15 is 0 Å². The molecule has 0 radical (unpaired) electrons. The summed E-state index contributed by atoms with van der Waals surface area (Å²) in [7, 11) is 0. The van der Waals surface area contributed by atoms with Crippen LogP contribution in [-0.4, -0.2) is 37.2 Å². The molecular weight excluding hydrogens is 997 g/mol. The van der Waals surface area contributed by atoms with Crippen LogP contribution in [-0.2, 0) is 28.6 Å². The molecule has 0 saturated carbocycles. The number of esters is 3. The molecule has 0 amide bonds. The van der Waals surface area contributed by atoms with Crippen LogP contribution in [0.15, 0.2) is 48.6 Å². The van der Waals surface area contributed by atoms with Crippen molar-refractivity contribution in [2.24, 2.45) is 0 Å². The maximum absolute atomic E-state index is 13.0. The highest BCUT2D eigenvalue weighted by Gasteiger charge is 2.19. The number of hydrogen-bond donors (Lipinski definition) is 0. The van der Waals surface area contributed by atoms with Gasteiger partial charge in [-0.25, -0.2) is 0 Å². The average Bonchev–Trinajstić information content (AvgIpc) is 3.47. The maximum atomic E-state index is 13.0. The number of hydrogen-bond acceptors (Lipinski definition) is 6. The summed E-state index contributed by atoms with van der Waals surface area (Å²) in [4.78, 5) is 38.5. The largest absolute Gasteiger partial charge is 0.462 e. The van der Waals surface area contributed by atoms with Gasteiger partial charge in [-0.15, -0.1) is 0 Å². The van der Waals surface area contributed by atoms with Gasteiger partial charge in [-0.05, 0) is 83.5 Å². The first-order chi connectivity index (χ1) is 40.0. The monoisotopic (exact) mass is 1140 g/mol. The fourth-order valence-corrected chi connectivity index (χ4v) is 10.9. The quantitative estimate of drug-likeness (QED) is 0.0261. The summed E-state index contributed by atoms with van der Waals surface area (Å²) in [6, 6.07) is 0. The molecular formula is C75H138O6. The third-order valence-electron chi connectivity index (χ3n) is 16.3. The number of allylic oxidation sites excluding steroid dienone is 8. The summed E-state index contributed by atoms with van der Waals surface area (Å²) in [5.74, 6) is -0.858. The van der Waals surface area contributed by atoms with Crippen LogP contribution in [0.3, 0.4) is 0 Å². The fourth-order valence-electron chi connectivity index (χ4n) is 10.9. The predicted octanol–water partition coefficient (Wildman–Crippen LogP) is 24.9. The van der Waals surface area contributed by atoms with Gasteiger partial charge in [-0.1, -0.05) is 339 Å². The van der Waals surface area contributed by atoms with E-state index in [4.69, 9.17) is 14.2 Å². The van der Waals surface area contributed by atoms with E-state index < -0.39 is 6.10 Å². The van der Waals surface area contributed by atoms with Gasteiger partial charge in [0.1, 0.15) is 13.2 Å². The minimum absolute atomic E-state index is 0.0732. The summed E-state index contributed by atoms with van der Waals surface area (Å²) in [6.45, 7) is 6.67. The van der Waals surface area contributed by atoms with Crippen LogP contribution in [0.1, 0.15) is 393 Å². The van der Waals surface area contributed by atoms with Crippen molar-refractivity contribution in [2.45, 2.75) is 399 Å². The van der Waals surface area contributed by atoms with Crippen molar-refractivity contribution in [3.63, 3.8) is 0 Å². The molecule has 0 aliphatic carbocycles. The number of unbranched alkanes of at least 4 members (excludes halogenated alkanes) is 48. The van der Waals surface area contributed by atoms with E-state index in [-0.39, 0.29) is 31.1 Å². The Hall–Kier alpha value is -2.63. The highest BCUT2D eigenvalue weighted by atomic mass is 16.6. The lowest BCUT2D eigenvalue weighted by Crippen LogP contribution is -2.30. The van der Waals surface area contributed by atoms with E-state index in [1.165, 1.54) is 276 Å². The molecule has 6 nitrogen and oxygen atoms in total. The van der Waals surface area contributed by atoms with Gasteiger partial charge in [0.25, 0.3) is 0 Å². The minimum Gasteiger partial charge on any atom is -0.462 e. The Labute approximate surface area is 505 Å². The molecule has 0 aromatic heterocycles. The molecule has 6 heteroatoms. The third-order valence-corrected chi connectivity index (χ3v) is 16.3. The molecule has 474 valence electrons. The van der Waals surface area contributed by atoms with Crippen molar-refractivity contribution in [1.82, 2.24) is 0 Å². The third kappa shape index (κ3) is 68.0. The standard InChI is InChI=1S/C75H138O6/c1-4-7-10-13-16-19-22-25-28-31-33-35-36-37-38-40-41-44-47-50-53-56-59-62-65-68-74(77)80-71-72(70-79-73(76)67-64-61-58-55-52-49-46-43-30-27-24-21-18-15-12-9-6-3)81-75(78)69-66-63-60-57-54-51-48-45-42-39-34-32-29-26-23-20-17-14-11-8-5-2/h18,21,23,26-27,30,32,34,72H,4-17,19-20,22,24-25,28-29,31,33,35-71H2,1-3H3/b21-18-,26-23-,30-27-,34-32-. The Morgan fingerprint density at radius 3 is 0.704 bits per heavy atom. The lowest BCUT2D eigenvalue weighted by molar-refractivity contribution is -0.167. The molecule has 0 N–H and O–H groups in total. The number of rotatable bonds is 67. The van der Waals surface area contributed by atoms with Crippen molar-refractivity contribution < 1.29 is 28.6 Å². The summed E-state index contributed by atoms with van der Waals surface area (Å²) >= 11 is 0. The van der Waals surface area contributed by atoms with Gasteiger partial charge in [-0.2, -0.15) is 0 Å². The molecule has 0 aliphatic heterocycles. The first kappa shape index (κ1) is 78.4. The second-order valence-corrected chi connectivity index (χ2v) is 24.5. The van der Waals surface area contributed by atoms with E-state index in [1.54, 1.807) is 0 Å². The topological polar surface area (TPSA) is 78.9 Å². The molecule has 0 fully saturated rings. The van der Waals surface area contributed by atoms with Crippen LogP contribution in [0.5, 0.6) is 0 Å². The van der Waals surface area contributed by atoms with Crippen molar-refractivity contribution in [3.8, 4) is 0 Å². The van der Waals surface area contributed by atoms with Gasteiger partial charge in [0, 0.05) is 19.3 Å². The van der Waals surface area contributed by atoms with Crippen LogP contribution >= 0.6 is 0 Å². The van der Waals surface area contributed by atoms with Crippen LogP contribution in [0.25, 0.3) is 0 Å². The summed E-state index contributed by atoms with van der Waals surface area (Å²) in [5, 5.41) is 0. The van der Waals surface area contributed by atoms with Gasteiger partial charge in [0.05, 0.1) is 0 Å². The summed E-state index contributed by atoms with van der Waals surface area (Å²) in [6.07, 6.45) is 88.5. The molecule has 1 atom stereocenters. The maximum Gasteiger partial charge on any atom is 0.306 e. The molecule has 0 rings (SSSR count). The summed E-state index contributed by atoms with van der Waals surface area (Å²) < 4.78 is 17.0. The van der Waals surface area contributed by atoms with E-state index in [0.717, 1.165) is 77.0 Å². The first-order valence-corrected chi connectivity index (χ1v) is 36.1. The molecule has 0 bridgehead atoms. The normalized spacial score (nSPS) is 12.3. The molecule has 0 spiro atoms. The van der Waals surface area contributed by atoms with Crippen molar-refractivity contribution in [2.75, 3.05) is 13.2 Å². The lowest BCUT2D eigenvalue weighted by Gasteiger charge is -2.18. The molecule has 1 unspecified atom stereocenters. The first-order valence-electron chi connectivity index (χ1n) is 36.1. The molecule has 0 saturated heterocycles. The van der Waals surface area contributed by atoms with E-state index in [2.05, 4.69) is 69.4 Å². The van der Waals surface area contributed by atoms with Crippen LogP contribution < -0.4 is 0 Å². The van der Waals surface area contributed by atoms with Gasteiger partial charge < -0.3 is 14.2 Å². The molecule has 81 heavy (non-hydrogen) atoms. The highest BCUT2D eigenvalue weighted by molar-refractivity contribution is 5.71. The Balaban J connectivity index is 4.30. The van der Waals surface area contributed by atoms with E-state index in [0.29, 0.717) is 19.3 Å². The van der Waals surface area contributed by atoms with Gasteiger partial charge in [-0.3, -0.25) is 14.4 Å². The minimum atomic E-state index is -0.779. The van der Waals surface area contributed by atoms with Crippen LogP contribution in [0.2, 0.25) is 0 Å². The fraction of sp³-hybridized carbons (Fsp3) is 0.853. The van der Waals surface area contributed by atoms with Crippen molar-refractivity contribution >= 4 is 17.9 Å². The average molecular weight is 1140 g/mol. The number of ether oxygens (including phenoxy) is 3. The zero-order valence-electron chi connectivity index (χ0n) is 54.6. The second kappa shape index (κ2) is 69.9. The Bertz CT molecular complexity index is 1400. The van der Waals surface area contributed by atoms with Gasteiger partial charge in [0.15, 0.2) is 6.10 Å². The number of carbonyl (C=O) groups excluding carboxylic acids is 3. The highest BCUT2D eigenvalue weighted by Crippen LogP contribution is 2.18. The predicted molar refractivity (Wildman–Crippen MR) is 353 cm³/mol. The Kier molecular flexibility index (Phi) is 67.6. The van der Waals surface area contributed by atoms with Crippen molar-refractivity contribution in [1.29, 1.82) is 0 Å². The second-order valence-electron chi connectivity index (χ2n) is 24.5. The Morgan fingerprint density at radius 2 is 0.444 bits per heavy atom. The smallest absolute Gasteiger partial charge is 0.306 e. The van der Waals surface area contributed by atoms with Crippen molar-refractivity contribution in [3.05, 3.63) is 48.6 Å². The van der Waals surface area contributed by atoms with Crippen LogP contribution in [0, 0.1) is 0 Å². The Morgan fingerprint density at radius 1 is 0.247 bits per heavy atom. The van der Waals surface area contributed by atoms with Gasteiger partial charge in [0.2, 0.25) is 0 Å². The SMILES string of the molecule is CCCCC/C=C\C/C=C\CCCCCCCCCC(=O)OCC(COC(=O)CCCCCCCCCCCCCCCCCCCCCCCCCCC)OC(=O)CCCCCCCCCCC/C=C\C/C=C\CCCCCCC. The van der Waals surface area contributed by atoms with E-state index in [9.17, 15) is 14.4 Å². The number of carbonyl (C=O) groups is 3. The lowest BCUT2D eigenvalue weighted by atomic mass is 10.0.